The Kier molecular flexibility index (Phi) is 5.97. The first kappa shape index (κ1) is 18.2. The third-order valence-electron chi connectivity index (χ3n) is 5.20. The number of halogens is 1. The molecule has 1 aliphatic heterocycles. The Morgan fingerprint density at radius 3 is 2.56 bits per heavy atom. The van der Waals surface area contributed by atoms with E-state index >= 15 is 0 Å². The summed E-state index contributed by atoms with van der Waals surface area (Å²) in [6.07, 6.45) is 6.84. The van der Waals surface area contributed by atoms with E-state index in [2.05, 4.69) is 5.32 Å². The summed E-state index contributed by atoms with van der Waals surface area (Å²) in [5.74, 6) is -0.0839. The molecule has 1 saturated heterocycles. The fourth-order valence-corrected chi connectivity index (χ4v) is 4.01. The van der Waals surface area contributed by atoms with Crippen molar-refractivity contribution < 1.29 is 9.59 Å². The van der Waals surface area contributed by atoms with Gasteiger partial charge in [0.05, 0.1) is 10.6 Å². The number of benzene rings is 1. The number of carbonyl (C=O) groups is 2. The van der Waals surface area contributed by atoms with Crippen molar-refractivity contribution >= 4 is 29.1 Å². The lowest BCUT2D eigenvalue weighted by molar-refractivity contribution is -0.120. The fourth-order valence-electron chi connectivity index (χ4n) is 3.74. The van der Waals surface area contributed by atoms with Crippen molar-refractivity contribution in [2.45, 2.75) is 51.0 Å². The number of anilines is 1. The lowest BCUT2D eigenvalue weighted by Crippen LogP contribution is -2.35. The molecule has 2 atom stereocenters. The van der Waals surface area contributed by atoms with Crippen molar-refractivity contribution in [3.63, 3.8) is 0 Å². The molecule has 0 spiro atoms. The highest BCUT2D eigenvalue weighted by Gasteiger charge is 2.26. The summed E-state index contributed by atoms with van der Waals surface area (Å²) in [6.45, 7) is 1.57. The van der Waals surface area contributed by atoms with Crippen LogP contribution in [0.2, 0.25) is 5.02 Å². The van der Waals surface area contributed by atoms with E-state index in [4.69, 9.17) is 17.3 Å². The number of nitrogens with zero attached hydrogens (tertiary/aromatic N) is 1. The van der Waals surface area contributed by atoms with Crippen LogP contribution in [0.1, 0.15) is 55.3 Å². The van der Waals surface area contributed by atoms with Crippen molar-refractivity contribution in [3.05, 3.63) is 28.8 Å². The summed E-state index contributed by atoms with van der Waals surface area (Å²) in [4.78, 5) is 26.8. The molecule has 0 bridgehead atoms. The number of amides is 2. The molecule has 2 fully saturated rings. The summed E-state index contributed by atoms with van der Waals surface area (Å²) in [7, 11) is 0. The SMILES string of the molecule is NC1CCCC(C(=O)Nc2ccc(C(=O)N3CCCCC3)c(Cl)c2)C1. The van der Waals surface area contributed by atoms with Crippen LogP contribution in [0.3, 0.4) is 0 Å². The maximum Gasteiger partial charge on any atom is 0.255 e. The van der Waals surface area contributed by atoms with Gasteiger partial charge in [0.15, 0.2) is 0 Å². The molecule has 1 aliphatic carbocycles. The van der Waals surface area contributed by atoms with Crippen molar-refractivity contribution in [2.75, 3.05) is 18.4 Å². The van der Waals surface area contributed by atoms with Gasteiger partial charge in [-0.3, -0.25) is 9.59 Å². The van der Waals surface area contributed by atoms with E-state index in [0.717, 1.165) is 51.6 Å². The Labute approximate surface area is 153 Å². The zero-order chi connectivity index (χ0) is 17.8. The summed E-state index contributed by atoms with van der Waals surface area (Å²) < 4.78 is 0. The highest BCUT2D eigenvalue weighted by Crippen LogP contribution is 2.27. The van der Waals surface area contributed by atoms with Gasteiger partial charge in [0.25, 0.3) is 5.91 Å². The van der Waals surface area contributed by atoms with E-state index in [0.29, 0.717) is 16.3 Å². The first-order valence-corrected chi connectivity index (χ1v) is 9.57. The van der Waals surface area contributed by atoms with E-state index in [1.165, 1.54) is 6.42 Å². The molecule has 6 heteroatoms. The second kappa shape index (κ2) is 8.19. The number of hydrogen-bond donors (Lipinski definition) is 2. The van der Waals surface area contributed by atoms with Crippen LogP contribution in [0.25, 0.3) is 0 Å². The number of carbonyl (C=O) groups excluding carboxylic acids is 2. The molecule has 136 valence electrons. The average Bonchev–Trinajstić information content (AvgIpc) is 2.62. The third-order valence-corrected chi connectivity index (χ3v) is 5.51. The van der Waals surface area contributed by atoms with Gasteiger partial charge < -0.3 is 16.0 Å². The summed E-state index contributed by atoms with van der Waals surface area (Å²) in [5.41, 5.74) is 7.09. The smallest absolute Gasteiger partial charge is 0.255 e. The predicted molar refractivity (Wildman–Crippen MR) is 99.8 cm³/mol. The number of rotatable bonds is 3. The second-order valence-corrected chi connectivity index (χ2v) is 7.57. The predicted octanol–water partition coefficient (Wildman–Crippen LogP) is 3.42. The van der Waals surface area contributed by atoms with Crippen LogP contribution in [-0.2, 0) is 4.79 Å². The van der Waals surface area contributed by atoms with Gasteiger partial charge in [-0.05, 0) is 56.7 Å². The number of nitrogens with two attached hydrogens (primary N) is 1. The van der Waals surface area contributed by atoms with E-state index in [9.17, 15) is 9.59 Å². The number of hydrogen-bond acceptors (Lipinski definition) is 3. The fraction of sp³-hybridized carbons (Fsp3) is 0.579. The van der Waals surface area contributed by atoms with Crippen LogP contribution in [0.15, 0.2) is 18.2 Å². The lowest BCUT2D eigenvalue weighted by atomic mass is 9.85. The second-order valence-electron chi connectivity index (χ2n) is 7.16. The zero-order valence-corrected chi connectivity index (χ0v) is 15.2. The molecule has 1 saturated carbocycles. The van der Waals surface area contributed by atoms with Crippen molar-refractivity contribution in [1.82, 2.24) is 4.90 Å². The largest absolute Gasteiger partial charge is 0.339 e. The van der Waals surface area contributed by atoms with E-state index in [1.807, 2.05) is 4.90 Å². The van der Waals surface area contributed by atoms with Gasteiger partial charge in [0.1, 0.15) is 0 Å². The maximum absolute atomic E-state index is 12.6. The monoisotopic (exact) mass is 363 g/mol. The summed E-state index contributed by atoms with van der Waals surface area (Å²) in [6, 6.07) is 5.24. The van der Waals surface area contributed by atoms with Crippen molar-refractivity contribution in [3.8, 4) is 0 Å². The van der Waals surface area contributed by atoms with Crippen LogP contribution in [0.4, 0.5) is 5.69 Å². The van der Waals surface area contributed by atoms with Crippen molar-refractivity contribution in [2.24, 2.45) is 11.7 Å². The van der Waals surface area contributed by atoms with E-state index in [1.54, 1.807) is 18.2 Å². The Hall–Kier alpha value is -1.59. The molecule has 0 aromatic heterocycles. The quantitative estimate of drug-likeness (QED) is 0.863. The Morgan fingerprint density at radius 2 is 1.88 bits per heavy atom. The molecule has 1 aromatic carbocycles. The van der Waals surface area contributed by atoms with Gasteiger partial charge in [-0.25, -0.2) is 0 Å². The Morgan fingerprint density at radius 1 is 1.12 bits per heavy atom. The first-order chi connectivity index (χ1) is 12.0. The van der Waals surface area contributed by atoms with Crippen LogP contribution < -0.4 is 11.1 Å². The average molecular weight is 364 g/mol. The van der Waals surface area contributed by atoms with Gasteiger partial charge in [-0.2, -0.15) is 0 Å². The number of piperidine rings is 1. The molecule has 2 aliphatic rings. The normalized spacial score (nSPS) is 24.0. The molecule has 1 heterocycles. The van der Waals surface area contributed by atoms with Crippen LogP contribution in [0.5, 0.6) is 0 Å². The highest BCUT2D eigenvalue weighted by molar-refractivity contribution is 6.34. The minimum Gasteiger partial charge on any atom is -0.339 e. The standard InChI is InChI=1S/C19H26ClN3O2/c20-17-12-15(22-18(24)13-5-4-6-14(21)11-13)7-8-16(17)19(25)23-9-2-1-3-10-23/h7-8,12-14H,1-6,9-11,21H2,(H,22,24). The number of nitrogens with one attached hydrogen (secondary N) is 1. The van der Waals surface area contributed by atoms with Gasteiger partial charge in [-0.15, -0.1) is 0 Å². The number of likely N-dealkylation sites (tertiary alicyclic amines) is 1. The van der Waals surface area contributed by atoms with Crippen LogP contribution >= 0.6 is 11.6 Å². The van der Waals surface area contributed by atoms with Gasteiger partial charge >= 0.3 is 0 Å². The highest BCUT2D eigenvalue weighted by atomic mass is 35.5. The molecule has 5 nitrogen and oxygen atoms in total. The molecule has 2 unspecified atom stereocenters. The molecule has 0 radical (unpaired) electrons. The van der Waals surface area contributed by atoms with Gasteiger partial charge in [0.2, 0.25) is 5.91 Å². The Bertz CT molecular complexity index is 644. The van der Waals surface area contributed by atoms with Gasteiger partial charge in [-0.1, -0.05) is 18.0 Å². The minimum absolute atomic E-state index is 0.0127. The van der Waals surface area contributed by atoms with Crippen LogP contribution in [0, 0.1) is 5.92 Å². The molecule has 3 rings (SSSR count). The third kappa shape index (κ3) is 4.53. The zero-order valence-electron chi connectivity index (χ0n) is 14.5. The Balaban J connectivity index is 1.65. The van der Waals surface area contributed by atoms with E-state index < -0.39 is 0 Å². The molecular weight excluding hydrogens is 338 g/mol. The van der Waals surface area contributed by atoms with Gasteiger partial charge in [0, 0.05) is 30.7 Å². The first-order valence-electron chi connectivity index (χ1n) is 9.20. The summed E-state index contributed by atoms with van der Waals surface area (Å²) in [5, 5.41) is 3.30. The molecule has 3 N–H and O–H groups in total. The summed E-state index contributed by atoms with van der Waals surface area (Å²) >= 11 is 6.32. The topological polar surface area (TPSA) is 75.4 Å². The molecule has 25 heavy (non-hydrogen) atoms. The molecular formula is C19H26ClN3O2. The minimum atomic E-state index is -0.0443. The lowest BCUT2D eigenvalue weighted by Gasteiger charge is -2.27. The van der Waals surface area contributed by atoms with E-state index in [-0.39, 0.29) is 23.8 Å². The van der Waals surface area contributed by atoms with Crippen LogP contribution in [-0.4, -0.2) is 35.8 Å². The van der Waals surface area contributed by atoms with Crippen molar-refractivity contribution in [1.29, 1.82) is 0 Å². The molecule has 1 aromatic rings. The molecule has 2 amide bonds. The maximum atomic E-state index is 12.6.